The minimum Gasteiger partial charge on any atom is -0.497 e. The Hall–Kier alpha value is -4.20. The van der Waals surface area contributed by atoms with Gasteiger partial charge >= 0.3 is 0 Å². The van der Waals surface area contributed by atoms with E-state index in [0.717, 1.165) is 22.4 Å². The fourth-order valence-electron chi connectivity index (χ4n) is 3.41. The summed E-state index contributed by atoms with van der Waals surface area (Å²) in [6, 6.07) is 21.0. The molecule has 1 amide bonds. The number of ether oxygens (including phenoxy) is 2. The van der Waals surface area contributed by atoms with Gasteiger partial charge in [-0.2, -0.15) is 0 Å². The van der Waals surface area contributed by atoms with Crippen LogP contribution >= 0.6 is 0 Å². The number of hydrogen-bond acceptors (Lipinski definition) is 6. The van der Waals surface area contributed by atoms with Crippen LogP contribution in [0.25, 0.3) is 16.8 Å². The molecule has 1 N–H and O–H groups in total. The number of nitrogens with zero attached hydrogens (tertiary/aromatic N) is 4. The van der Waals surface area contributed by atoms with Gasteiger partial charge in [-0.3, -0.25) is 4.79 Å². The Labute approximate surface area is 185 Å². The van der Waals surface area contributed by atoms with Crippen LogP contribution in [0.3, 0.4) is 0 Å². The number of benzene rings is 3. The van der Waals surface area contributed by atoms with Crippen molar-refractivity contribution >= 4 is 5.91 Å². The highest BCUT2D eigenvalue weighted by molar-refractivity contribution is 5.96. The minimum absolute atomic E-state index is 0.176. The average Bonchev–Trinajstić information content (AvgIpc) is 3.39. The third kappa shape index (κ3) is 4.75. The second-order valence-electron chi connectivity index (χ2n) is 7.08. The summed E-state index contributed by atoms with van der Waals surface area (Å²) in [6.07, 6.45) is 2.20. The summed E-state index contributed by atoms with van der Waals surface area (Å²) < 4.78 is 12.2. The zero-order chi connectivity index (χ0) is 22.3. The molecule has 4 rings (SSSR count). The Balaban J connectivity index is 1.57. The first-order valence-electron chi connectivity index (χ1n) is 10.1. The zero-order valence-electron chi connectivity index (χ0n) is 17.9. The summed E-state index contributed by atoms with van der Waals surface area (Å²) in [7, 11) is 3.26. The number of carbonyl (C=O) groups is 1. The van der Waals surface area contributed by atoms with Crippen molar-refractivity contribution in [3.63, 3.8) is 0 Å². The van der Waals surface area contributed by atoms with Crippen molar-refractivity contribution in [2.45, 2.75) is 6.42 Å². The first-order valence-corrected chi connectivity index (χ1v) is 10.1. The topological polar surface area (TPSA) is 91.2 Å². The van der Waals surface area contributed by atoms with Crippen LogP contribution in [0.5, 0.6) is 11.5 Å². The smallest absolute Gasteiger partial charge is 0.251 e. The summed E-state index contributed by atoms with van der Waals surface area (Å²) in [5, 5.41) is 14.4. The van der Waals surface area contributed by atoms with E-state index in [1.807, 2.05) is 60.7 Å². The van der Waals surface area contributed by atoms with E-state index in [4.69, 9.17) is 9.47 Å². The number of hydrogen-bond donors (Lipinski definition) is 1. The van der Waals surface area contributed by atoms with E-state index in [1.54, 1.807) is 20.3 Å². The molecule has 1 heterocycles. The van der Waals surface area contributed by atoms with Gasteiger partial charge in [0.1, 0.15) is 17.8 Å². The molecule has 3 aromatic carbocycles. The van der Waals surface area contributed by atoms with Crippen LogP contribution in [0.15, 0.2) is 73.1 Å². The number of nitrogens with one attached hydrogen (secondary N) is 1. The van der Waals surface area contributed by atoms with Gasteiger partial charge in [0.2, 0.25) is 0 Å². The van der Waals surface area contributed by atoms with Gasteiger partial charge in [-0.05, 0) is 64.4 Å². The maximum atomic E-state index is 13.0. The van der Waals surface area contributed by atoms with Gasteiger partial charge in [0.25, 0.3) is 5.91 Å². The molecule has 0 fully saturated rings. The molecular weight excluding hydrogens is 406 g/mol. The van der Waals surface area contributed by atoms with Crippen LogP contribution in [0.1, 0.15) is 15.9 Å². The van der Waals surface area contributed by atoms with Crippen molar-refractivity contribution in [3.05, 3.63) is 84.2 Å². The number of rotatable bonds is 8. The largest absolute Gasteiger partial charge is 0.497 e. The normalized spacial score (nSPS) is 10.6. The summed E-state index contributed by atoms with van der Waals surface area (Å²) in [5.41, 5.74) is 4.00. The molecule has 0 atom stereocenters. The van der Waals surface area contributed by atoms with E-state index >= 15 is 0 Å². The SMILES string of the molecule is COc1ccc(CCNC(=O)c2cc(-c3ccccc3OC)cc(-n3cnnn3)c2)cc1. The lowest BCUT2D eigenvalue weighted by Crippen LogP contribution is -2.26. The summed E-state index contributed by atoms with van der Waals surface area (Å²) in [5.74, 6) is 1.35. The van der Waals surface area contributed by atoms with Crippen LogP contribution in [0, 0.1) is 0 Å². The maximum Gasteiger partial charge on any atom is 0.251 e. The molecule has 162 valence electrons. The Morgan fingerprint density at radius 2 is 1.81 bits per heavy atom. The number of tetrazole rings is 1. The molecule has 0 unspecified atom stereocenters. The second-order valence-corrected chi connectivity index (χ2v) is 7.08. The van der Waals surface area contributed by atoms with Gasteiger partial charge in [-0.15, -0.1) is 5.10 Å². The Kier molecular flexibility index (Phi) is 6.41. The molecule has 8 nitrogen and oxygen atoms in total. The summed E-state index contributed by atoms with van der Waals surface area (Å²) in [4.78, 5) is 13.0. The van der Waals surface area contributed by atoms with Gasteiger partial charge in [-0.25, -0.2) is 4.68 Å². The standard InChI is InChI=1S/C24H23N5O3/c1-31-21-9-7-17(8-10-21)11-12-25-24(30)19-13-18(22-5-3-4-6-23(22)32-2)14-20(15-19)29-16-26-27-28-29/h3-10,13-16H,11-12H2,1-2H3,(H,25,30). The van der Waals surface area contributed by atoms with E-state index in [1.165, 1.54) is 11.0 Å². The van der Waals surface area contributed by atoms with E-state index in [2.05, 4.69) is 20.8 Å². The van der Waals surface area contributed by atoms with Crippen LogP contribution in [0.2, 0.25) is 0 Å². The quantitative estimate of drug-likeness (QED) is 0.462. The van der Waals surface area contributed by atoms with Crippen molar-refractivity contribution in [1.29, 1.82) is 0 Å². The van der Waals surface area contributed by atoms with Gasteiger partial charge in [-0.1, -0.05) is 30.3 Å². The lowest BCUT2D eigenvalue weighted by atomic mass is 10.0. The van der Waals surface area contributed by atoms with Crippen LogP contribution in [-0.2, 0) is 6.42 Å². The molecule has 0 spiro atoms. The van der Waals surface area contributed by atoms with Crippen molar-refractivity contribution in [2.75, 3.05) is 20.8 Å². The minimum atomic E-state index is -0.176. The van der Waals surface area contributed by atoms with Gasteiger partial charge in [0.15, 0.2) is 0 Å². The zero-order valence-corrected chi connectivity index (χ0v) is 17.9. The molecule has 0 aliphatic heterocycles. The summed E-state index contributed by atoms with van der Waals surface area (Å²) >= 11 is 0. The molecule has 4 aromatic rings. The molecule has 0 saturated heterocycles. The average molecular weight is 429 g/mol. The molecule has 32 heavy (non-hydrogen) atoms. The van der Waals surface area contributed by atoms with E-state index < -0.39 is 0 Å². The third-order valence-electron chi connectivity index (χ3n) is 5.07. The van der Waals surface area contributed by atoms with Gasteiger partial charge in [0.05, 0.1) is 19.9 Å². The Morgan fingerprint density at radius 3 is 2.53 bits per heavy atom. The van der Waals surface area contributed by atoms with Crippen molar-refractivity contribution in [1.82, 2.24) is 25.5 Å². The fraction of sp³-hybridized carbons (Fsp3) is 0.167. The Morgan fingerprint density at radius 1 is 1.00 bits per heavy atom. The molecule has 1 aromatic heterocycles. The number of carbonyl (C=O) groups excluding carboxylic acids is 1. The third-order valence-corrected chi connectivity index (χ3v) is 5.07. The van der Waals surface area contributed by atoms with Crippen molar-refractivity contribution in [3.8, 4) is 28.3 Å². The molecule has 0 saturated carbocycles. The molecule has 0 bridgehead atoms. The predicted octanol–water partition coefficient (Wildman–Crippen LogP) is 3.32. The highest BCUT2D eigenvalue weighted by Crippen LogP contribution is 2.31. The van der Waals surface area contributed by atoms with Crippen LogP contribution in [0.4, 0.5) is 0 Å². The number of amides is 1. The number of aromatic nitrogens is 4. The first-order chi connectivity index (χ1) is 15.7. The van der Waals surface area contributed by atoms with Crippen LogP contribution < -0.4 is 14.8 Å². The number of methoxy groups -OCH3 is 2. The van der Waals surface area contributed by atoms with E-state index in [0.29, 0.717) is 30.0 Å². The molecule has 8 heteroatoms. The lowest BCUT2D eigenvalue weighted by Gasteiger charge is -2.13. The van der Waals surface area contributed by atoms with Gasteiger partial charge in [0, 0.05) is 17.7 Å². The fourth-order valence-corrected chi connectivity index (χ4v) is 3.41. The van der Waals surface area contributed by atoms with Crippen molar-refractivity contribution in [2.24, 2.45) is 0 Å². The molecule has 0 aliphatic carbocycles. The summed E-state index contributed by atoms with van der Waals surface area (Å²) in [6.45, 7) is 0.504. The first kappa shape index (κ1) is 21.0. The van der Waals surface area contributed by atoms with E-state index in [-0.39, 0.29) is 5.91 Å². The maximum absolute atomic E-state index is 13.0. The second kappa shape index (κ2) is 9.74. The molecule has 0 aliphatic rings. The molecular formula is C24H23N5O3. The Bertz CT molecular complexity index is 1190. The van der Waals surface area contributed by atoms with E-state index in [9.17, 15) is 4.79 Å². The van der Waals surface area contributed by atoms with Crippen LogP contribution in [-0.4, -0.2) is 46.9 Å². The molecule has 0 radical (unpaired) electrons. The van der Waals surface area contributed by atoms with Crippen molar-refractivity contribution < 1.29 is 14.3 Å². The monoisotopic (exact) mass is 429 g/mol. The predicted molar refractivity (Wildman–Crippen MR) is 120 cm³/mol. The lowest BCUT2D eigenvalue weighted by molar-refractivity contribution is 0.0954. The van der Waals surface area contributed by atoms with Gasteiger partial charge < -0.3 is 14.8 Å². The highest BCUT2D eigenvalue weighted by Gasteiger charge is 2.14. The number of para-hydroxylation sites is 1. The highest BCUT2D eigenvalue weighted by atomic mass is 16.5.